The third-order valence-electron chi connectivity index (χ3n) is 2.63. The largest absolute Gasteiger partial charge is 0.385 e. The molecular formula is C13H19N3O. The number of aromatic nitrogens is 1. The first-order chi connectivity index (χ1) is 8.07. The Kier molecular flexibility index (Phi) is 4.92. The molecule has 0 saturated carbocycles. The highest BCUT2D eigenvalue weighted by Gasteiger charge is 2.17. The van der Waals surface area contributed by atoms with Gasteiger partial charge in [-0.25, -0.2) is 4.98 Å². The van der Waals surface area contributed by atoms with Gasteiger partial charge in [-0.2, -0.15) is 5.26 Å². The summed E-state index contributed by atoms with van der Waals surface area (Å²) in [5.41, 5.74) is 1.55. The van der Waals surface area contributed by atoms with Gasteiger partial charge in [0.1, 0.15) is 11.8 Å². The molecule has 0 spiro atoms. The number of pyridine rings is 1. The van der Waals surface area contributed by atoms with E-state index in [-0.39, 0.29) is 5.41 Å². The van der Waals surface area contributed by atoms with E-state index in [0.29, 0.717) is 5.69 Å². The predicted octanol–water partition coefficient (Wildman–Crippen LogP) is 2.43. The van der Waals surface area contributed by atoms with Crippen molar-refractivity contribution in [1.82, 2.24) is 4.98 Å². The molecule has 0 unspecified atom stereocenters. The minimum absolute atomic E-state index is 0.171. The summed E-state index contributed by atoms with van der Waals surface area (Å²) in [6.07, 6.45) is 2.69. The zero-order chi connectivity index (χ0) is 12.7. The summed E-state index contributed by atoms with van der Waals surface area (Å²) in [6.45, 7) is 6.00. The Hall–Kier alpha value is -1.60. The van der Waals surface area contributed by atoms with E-state index in [9.17, 15) is 0 Å². The van der Waals surface area contributed by atoms with Gasteiger partial charge in [-0.15, -0.1) is 0 Å². The summed E-state index contributed by atoms with van der Waals surface area (Å²) >= 11 is 0. The molecule has 1 aromatic heterocycles. The van der Waals surface area contributed by atoms with Crippen molar-refractivity contribution in [1.29, 1.82) is 5.26 Å². The lowest BCUT2D eigenvalue weighted by Crippen LogP contribution is -2.24. The fraction of sp³-hybridized carbons (Fsp3) is 0.538. The monoisotopic (exact) mass is 233 g/mol. The standard InChI is InChI=1S/C13H19N3O/c1-13(2,6-7-17-3)10-16-12-5-4-11(8-14)15-9-12/h4-5,9,16H,6-7,10H2,1-3H3. The van der Waals surface area contributed by atoms with Gasteiger partial charge < -0.3 is 10.1 Å². The van der Waals surface area contributed by atoms with E-state index >= 15 is 0 Å². The number of hydrogen-bond donors (Lipinski definition) is 1. The SMILES string of the molecule is COCCC(C)(C)CNc1ccc(C#N)nc1. The predicted molar refractivity (Wildman–Crippen MR) is 67.7 cm³/mol. The van der Waals surface area contributed by atoms with E-state index in [1.165, 1.54) is 0 Å². The van der Waals surface area contributed by atoms with Crippen LogP contribution in [-0.2, 0) is 4.74 Å². The van der Waals surface area contributed by atoms with Crippen LogP contribution < -0.4 is 5.32 Å². The second-order valence-electron chi connectivity index (χ2n) is 4.80. The first-order valence-electron chi connectivity index (χ1n) is 5.66. The molecule has 0 radical (unpaired) electrons. The molecule has 0 atom stereocenters. The molecule has 0 amide bonds. The fourth-order valence-electron chi connectivity index (χ4n) is 1.37. The van der Waals surface area contributed by atoms with Crippen molar-refractivity contribution in [3.05, 3.63) is 24.0 Å². The summed E-state index contributed by atoms with van der Waals surface area (Å²) in [5, 5.41) is 12.0. The number of methoxy groups -OCH3 is 1. The molecule has 1 aromatic rings. The van der Waals surface area contributed by atoms with Crippen LogP contribution in [0.2, 0.25) is 0 Å². The van der Waals surface area contributed by atoms with Gasteiger partial charge in [-0.05, 0) is 24.0 Å². The van der Waals surface area contributed by atoms with Crippen molar-refractivity contribution in [2.24, 2.45) is 5.41 Å². The quantitative estimate of drug-likeness (QED) is 0.819. The number of nitrogens with one attached hydrogen (secondary N) is 1. The van der Waals surface area contributed by atoms with Crippen LogP contribution in [0.3, 0.4) is 0 Å². The van der Waals surface area contributed by atoms with E-state index in [4.69, 9.17) is 10.00 Å². The van der Waals surface area contributed by atoms with Crippen molar-refractivity contribution < 1.29 is 4.74 Å². The number of nitrogens with zero attached hydrogens (tertiary/aromatic N) is 2. The van der Waals surface area contributed by atoms with E-state index < -0.39 is 0 Å². The molecule has 0 aliphatic carbocycles. The van der Waals surface area contributed by atoms with Gasteiger partial charge in [0.2, 0.25) is 0 Å². The van der Waals surface area contributed by atoms with Gasteiger partial charge in [0.15, 0.2) is 0 Å². The topological polar surface area (TPSA) is 57.9 Å². The van der Waals surface area contributed by atoms with Crippen molar-refractivity contribution in [3.63, 3.8) is 0 Å². The second kappa shape index (κ2) is 6.21. The van der Waals surface area contributed by atoms with Crippen molar-refractivity contribution in [2.45, 2.75) is 20.3 Å². The summed E-state index contributed by atoms with van der Waals surface area (Å²) in [4.78, 5) is 4.01. The Balaban J connectivity index is 2.46. The molecule has 4 nitrogen and oxygen atoms in total. The third kappa shape index (κ3) is 4.83. The van der Waals surface area contributed by atoms with Gasteiger partial charge in [-0.3, -0.25) is 0 Å². The molecule has 1 N–H and O–H groups in total. The molecule has 0 aliphatic rings. The maximum absolute atomic E-state index is 8.64. The van der Waals surface area contributed by atoms with E-state index in [1.54, 1.807) is 19.4 Å². The van der Waals surface area contributed by atoms with Gasteiger partial charge in [0.25, 0.3) is 0 Å². The molecule has 1 rings (SSSR count). The van der Waals surface area contributed by atoms with Crippen LogP contribution in [0, 0.1) is 16.7 Å². The Bertz CT molecular complexity index is 379. The first-order valence-corrected chi connectivity index (χ1v) is 5.66. The Morgan fingerprint density at radius 2 is 2.24 bits per heavy atom. The van der Waals surface area contributed by atoms with Gasteiger partial charge in [0, 0.05) is 20.3 Å². The average molecular weight is 233 g/mol. The second-order valence-corrected chi connectivity index (χ2v) is 4.80. The zero-order valence-corrected chi connectivity index (χ0v) is 10.7. The van der Waals surface area contributed by atoms with E-state index in [1.807, 2.05) is 12.1 Å². The van der Waals surface area contributed by atoms with Crippen LogP contribution in [0.25, 0.3) is 0 Å². The highest BCUT2D eigenvalue weighted by atomic mass is 16.5. The van der Waals surface area contributed by atoms with Crippen LogP contribution in [0.1, 0.15) is 26.0 Å². The molecule has 17 heavy (non-hydrogen) atoms. The molecular weight excluding hydrogens is 214 g/mol. The van der Waals surface area contributed by atoms with E-state index in [2.05, 4.69) is 24.1 Å². The minimum atomic E-state index is 0.171. The lowest BCUT2D eigenvalue weighted by molar-refractivity contribution is 0.157. The summed E-state index contributed by atoms with van der Waals surface area (Å²) in [6, 6.07) is 5.58. The molecule has 0 fully saturated rings. The van der Waals surface area contributed by atoms with Crippen LogP contribution in [-0.4, -0.2) is 25.2 Å². The van der Waals surface area contributed by atoms with Crippen LogP contribution >= 0.6 is 0 Å². The lowest BCUT2D eigenvalue weighted by Gasteiger charge is -2.25. The number of rotatable bonds is 6. The molecule has 0 bridgehead atoms. The van der Waals surface area contributed by atoms with Crippen molar-refractivity contribution in [3.8, 4) is 6.07 Å². The molecule has 4 heteroatoms. The lowest BCUT2D eigenvalue weighted by atomic mass is 9.89. The number of nitriles is 1. The van der Waals surface area contributed by atoms with Crippen LogP contribution in [0.5, 0.6) is 0 Å². The van der Waals surface area contributed by atoms with Crippen molar-refractivity contribution in [2.75, 3.05) is 25.6 Å². The molecule has 92 valence electrons. The third-order valence-corrected chi connectivity index (χ3v) is 2.63. The summed E-state index contributed by atoms with van der Waals surface area (Å²) < 4.78 is 5.08. The maximum Gasteiger partial charge on any atom is 0.140 e. The number of hydrogen-bond acceptors (Lipinski definition) is 4. The van der Waals surface area contributed by atoms with Gasteiger partial charge in [-0.1, -0.05) is 13.8 Å². The molecule has 0 aromatic carbocycles. The Morgan fingerprint density at radius 3 is 2.76 bits per heavy atom. The minimum Gasteiger partial charge on any atom is -0.385 e. The molecule has 1 heterocycles. The van der Waals surface area contributed by atoms with Crippen LogP contribution in [0.15, 0.2) is 18.3 Å². The zero-order valence-electron chi connectivity index (χ0n) is 10.7. The normalized spacial score (nSPS) is 10.9. The van der Waals surface area contributed by atoms with Gasteiger partial charge in [0.05, 0.1) is 11.9 Å². The molecule has 0 aliphatic heterocycles. The highest BCUT2D eigenvalue weighted by Crippen LogP contribution is 2.21. The molecule has 0 saturated heterocycles. The van der Waals surface area contributed by atoms with Crippen LogP contribution in [0.4, 0.5) is 5.69 Å². The fourth-order valence-corrected chi connectivity index (χ4v) is 1.37. The average Bonchev–Trinajstić information content (AvgIpc) is 2.35. The smallest absolute Gasteiger partial charge is 0.140 e. The van der Waals surface area contributed by atoms with Crippen molar-refractivity contribution >= 4 is 5.69 Å². The highest BCUT2D eigenvalue weighted by molar-refractivity contribution is 5.42. The first kappa shape index (κ1) is 13.5. The van der Waals surface area contributed by atoms with Gasteiger partial charge >= 0.3 is 0 Å². The maximum atomic E-state index is 8.64. The Morgan fingerprint density at radius 1 is 1.47 bits per heavy atom. The Labute approximate surface area is 103 Å². The summed E-state index contributed by atoms with van der Waals surface area (Å²) in [5.74, 6) is 0. The number of ether oxygens (including phenoxy) is 1. The summed E-state index contributed by atoms with van der Waals surface area (Å²) in [7, 11) is 1.72. The number of anilines is 1. The van der Waals surface area contributed by atoms with E-state index in [0.717, 1.165) is 25.3 Å².